The van der Waals surface area contributed by atoms with E-state index in [1.807, 2.05) is 25.7 Å². The highest BCUT2D eigenvalue weighted by atomic mass is 16.2. The van der Waals surface area contributed by atoms with E-state index in [-0.39, 0.29) is 5.91 Å². The Morgan fingerprint density at radius 1 is 1.50 bits per heavy atom. The van der Waals surface area contributed by atoms with E-state index in [0.29, 0.717) is 6.04 Å². The van der Waals surface area contributed by atoms with Gasteiger partial charge in [0, 0.05) is 25.3 Å². The van der Waals surface area contributed by atoms with Crippen LogP contribution in [0, 0.1) is 13.8 Å². The highest BCUT2D eigenvalue weighted by molar-refractivity contribution is 5.96. The van der Waals surface area contributed by atoms with Crippen molar-refractivity contribution in [3.63, 3.8) is 0 Å². The fourth-order valence-corrected chi connectivity index (χ4v) is 2.07. The number of H-pyrrole nitrogens is 1. The van der Waals surface area contributed by atoms with Crippen LogP contribution in [0.4, 0.5) is 0 Å². The number of aromatic nitrogens is 2. The number of hydrogen-bond acceptors (Lipinski definition) is 3. The quantitative estimate of drug-likeness (QED) is 0.781. The lowest BCUT2D eigenvalue weighted by molar-refractivity contribution is 0.0629. The van der Waals surface area contributed by atoms with Crippen molar-refractivity contribution in [1.29, 1.82) is 0 Å². The first-order chi connectivity index (χ1) is 7.65. The Labute approximate surface area is 95.2 Å². The van der Waals surface area contributed by atoms with Crippen LogP contribution in [0.1, 0.15) is 28.7 Å². The molecular weight excluding hydrogens is 204 g/mol. The molecule has 2 N–H and O–H groups in total. The molecule has 1 aromatic heterocycles. The number of hydrogen-bond donors (Lipinski definition) is 2. The molecule has 16 heavy (non-hydrogen) atoms. The van der Waals surface area contributed by atoms with Crippen LogP contribution in [0.25, 0.3) is 0 Å². The lowest BCUT2D eigenvalue weighted by atomic mass is 10.1. The molecule has 1 aliphatic rings. The van der Waals surface area contributed by atoms with Crippen LogP contribution in [0.3, 0.4) is 0 Å². The first-order valence-electron chi connectivity index (χ1n) is 5.68. The second-order valence-corrected chi connectivity index (χ2v) is 4.21. The zero-order chi connectivity index (χ0) is 11.7. The Hall–Kier alpha value is -1.36. The number of aromatic amines is 1. The molecule has 1 aliphatic heterocycles. The van der Waals surface area contributed by atoms with Gasteiger partial charge in [-0.15, -0.1) is 0 Å². The molecule has 0 aliphatic carbocycles. The Morgan fingerprint density at radius 2 is 2.19 bits per heavy atom. The standard InChI is InChI=1S/C11H18N4O/c1-4-15(9-5-12-6-9)11(16)10-7(2)13-14-8(10)3/h9,12H,4-6H2,1-3H3,(H,13,14). The highest BCUT2D eigenvalue weighted by Crippen LogP contribution is 2.16. The predicted molar refractivity (Wildman–Crippen MR) is 61.4 cm³/mol. The molecule has 0 atom stereocenters. The second-order valence-electron chi connectivity index (χ2n) is 4.21. The number of rotatable bonds is 3. The predicted octanol–water partition coefficient (Wildman–Crippen LogP) is 0.460. The molecule has 0 unspecified atom stereocenters. The second kappa shape index (κ2) is 4.25. The molecule has 0 aromatic carbocycles. The zero-order valence-corrected chi connectivity index (χ0v) is 10.0. The molecule has 5 nitrogen and oxygen atoms in total. The third kappa shape index (κ3) is 1.71. The van der Waals surface area contributed by atoms with E-state index in [9.17, 15) is 4.79 Å². The number of carbonyl (C=O) groups is 1. The minimum Gasteiger partial charge on any atom is -0.333 e. The molecule has 5 heteroatoms. The van der Waals surface area contributed by atoms with Crippen molar-refractivity contribution >= 4 is 5.91 Å². The van der Waals surface area contributed by atoms with Gasteiger partial charge in [0.2, 0.25) is 0 Å². The summed E-state index contributed by atoms with van der Waals surface area (Å²) < 4.78 is 0. The van der Waals surface area contributed by atoms with Gasteiger partial charge in [-0.3, -0.25) is 9.89 Å². The summed E-state index contributed by atoms with van der Waals surface area (Å²) in [6.07, 6.45) is 0. The van der Waals surface area contributed by atoms with Crippen molar-refractivity contribution in [1.82, 2.24) is 20.4 Å². The van der Waals surface area contributed by atoms with Crippen molar-refractivity contribution in [2.75, 3.05) is 19.6 Å². The van der Waals surface area contributed by atoms with Crippen LogP contribution < -0.4 is 5.32 Å². The summed E-state index contributed by atoms with van der Waals surface area (Å²) in [5, 5.41) is 10.1. The monoisotopic (exact) mass is 222 g/mol. The molecule has 0 spiro atoms. The van der Waals surface area contributed by atoms with Crippen molar-refractivity contribution in [2.24, 2.45) is 0 Å². The zero-order valence-electron chi connectivity index (χ0n) is 10.0. The molecule has 1 amide bonds. The third-order valence-corrected chi connectivity index (χ3v) is 3.14. The maximum absolute atomic E-state index is 12.4. The van der Waals surface area contributed by atoms with Crippen molar-refractivity contribution in [3.8, 4) is 0 Å². The van der Waals surface area contributed by atoms with Gasteiger partial charge in [0.15, 0.2) is 0 Å². The largest absolute Gasteiger partial charge is 0.333 e. The maximum atomic E-state index is 12.4. The topological polar surface area (TPSA) is 61.0 Å². The normalized spacial score (nSPS) is 15.9. The highest BCUT2D eigenvalue weighted by Gasteiger charge is 2.30. The number of amides is 1. The van der Waals surface area contributed by atoms with Crippen LogP contribution in [0.15, 0.2) is 0 Å². The van der Waals surface area contributed by atoms with Gasteiger partial charge in [-0.1, -0.05) is 0 Å². The summed E-state index contributed by atoms with van der Waals surface area (Å²) in [4.78, 5) is 14.3. The van der Waals surface area contributed by atoms with Gasteiger partial charge in [-0.2, -0.15) is 5.10 Å². The van der Waals surface area contributed by atoms with Crippen LogP contribution in [-0.4, -0.2) is 46.7 Å². The Bertz CT molecular complexity index is 375. The third-order valence-electron chi connectivity index (χ3n) is 3.14. The van der Waals surface area contributed by atoms with Gasteiger partial charge in [0.1, 0.15) is 0 Å². The van der Waals surface area contributed by atoms with Crippen LogP contribution >= 0.6 is 0 Å². The fourth-order valence-electron chi connectivity index (χ4n) is 2.07. The molecule has 1 fully saturated rings. The summed E-state index contributed by atoms with van der Waals surface area (Å²) in [6.45, 7) is 8.31. The minimum absolute atomic E-state index is 0.0951. The summed E-state index contributed by atoms with van der Waals surface area (Å²) in [6, 6.07) is 0.339. The minimum atomic E-state index is 0.0951. The van der Waals surface area contributed by atoms with Gasteiger partial charge in [0.25, 0.3) is 5.91 Å². The Kier molecular flexibility index (Phi) is 2.96. The molecule has 2 rings (SSSR count). The van der Waals surface area contributed by atoms with Crippen molar-refractivity contribution in [2.45, 2.75) is 26.8 Å². The van der Waals surface area contributed by atoms with Crippen LogP contribution in [0.2, 0.25) is 0 Å². The molecule has 1 saturated heterocycles. The van der Waals surface area contributed by atoms with Gasteiger partial charge in [-0.05, 0) is 20.8 Å². The van der Waals surface area contributed by atoms with E-state index in [1.54, 1.807) is 0 Å². The molecule has 0 saturated carbocycles. The van der Waals surface area contributed by atoms with Gasteiger partial charge in [-0.25, -0.2) is 0 Å². The lowest BCUT2D eigenvalue weighted by Gasteiger charge is -2.37. The van der Waals surface area contributed by atoms with E-state index in [2.05, 4.69) is 15.5 Å². The van der Waals surface area contributed by atoms with Gasteiger partial charge < -0.3 is 10.2 Å². The van der Waals surface area contributed by atoms with E-state index in [0.717, 1.165) is 36.6 Å². The molecule has 0 radical (unpaired) electrons. The summed E-state index contributed by atoms with van der Waals surface area (Å²) >= 11 is 0. The summed E-state index contributed by atoms with van der Waals surface area (Å²) in [5.41, 5.74) is 2.37. The van der Waals surface area contributed by atoms with Gasteiger partial charge in [0.05, 0.1) is 17.3 Å². The SMILES string of the molecule is CCN(C(=O)c1c(C)n[nH]c1C)C1CNC1. The average molecular weight is 222 g/mol. The van der Waals surface area contributed by atoms with E-state index in [4.69, 9.17) is 0 Å². The number of nitrogens with zero attached hydrogens (tertiary/aromatic N) is 2. The van der Waals surface area contributed by atoms with Crippen molar-refractivity contribution < 1.29 is 4.79 Å². The molecular formula is C11H18N4O. The number of nitrogens with one attached hydrogen (secondary N) is 2. The Balaban J connectivity index is 2.22. The molecule has 1 aromatic rings. The van der Waals surface area contributed by atoms with Crippen LogP contribution in [-0.2, 0) is 0 Å². The summed E-state index contributed by atoms with van der Waals surface area (Å²) in [5.74, 6) is 0.0951. The van der Waals surface area contributed by atoms with Crippen molar-refractivity contribution in [3.05, 3.63) is 17.0 Å². The number of aryl methyl sites for hydroxylation is 2. The van der Waals surface area contributed by atoms with E-state index < -0.39 is 0 Å². The first-order valence-corrected chi connectivity index (χ1v) is 5.68. The summed E-state index contributed by atoms with van der Waals surface area (Å²) in [7, 11) is 0. The van der Waals surface area contributed by atoms with E-state index in [1.165, 1.54) is 0 Å². The van der Waals surface area contributed by atoms with E-state index >= 15 is 0 Å². The maximum Gasteiger partial charge on any atom is 0.257 e. The fraction of sp³-hybridized carbons (Fsp3) is 0.636. The number of likely N-dealkylation sites (N-methyl/N-ethyl adjacent to an activating group) is 1. The molecule has 0 bridgehead atoms. The number of carbonyl (C=O) groups excluding carboxylic acids is 1. The van der Waals surface area contributed by atoms with Gasteiger partial charge >= 0.3 is 0 Å². The molecule has 2 heterocycles. The lowest BCUT2D eigenvalue weighted by Crippen LogP contribution is -2.58. The smallest absolute Gasteiger partial charge is 0.257 e. The first kappa shape index (κ1) is 11.1. The molecule has 88 valence electrons. The Morgan fingerprint density at radius 3 is 2.56 bits per heavy atom. The van der Waals surface area contributed by atoms with Crippen LogP contribution in [0.5, 0.6) is 0 Å². The average Bonchev–Trinajstić information content (AvgIpc) is 2.51.